The van der Waals surface area contributed by atoms with Crippen LogP contribution in [-0.4, -0.2) is 53.7 Å². The number of hydrogen-bond acceptors (Lipinski definition) is 4. The molecule has 1 saturated heterocycles. The van der Waals surface area contributed by atoms with Crippen LogP contribution < -0.4 is 0 Å². The van der Waals surface area contributed by atoms with Crippen molar-refractivity contribution in [2.45, 2.75) is 77.3 Å². The van der Waals surface area contributed by atoms with Crippen LogP contribution in [0.15, 0.2) is 0 Å². The minimum atomic E-state index is -0.534. The Morgan fingerprint density at radius 1 is 1.19 bits per heavy atom. The lowest BCUT2D eigenvalue weighted by molar-refractivity contribution is -0.217. The number of likely N-dealkylation sites (N-methyl/N-ethyl adjacent to an activating group) is 1. The molecule has 0 bridgehead atoms. The molecule has 4 heteroatoms. The first kappa shape index (κ1) is 17.2. The first-order valence-corrected chi connectivity index (χ1v) is 8.69. The fraction of sp³-hybridized carbons (Fsp3) is 1.00. The van der Waals surface area contributed by atoms with E-state index in [0.29, 0.717) is 12.5 Å². The van der Waals surface area contributed by atoms with Gasteiger partial charge in [0.25, 0.3) is 0 Å². The number of nitrogens with zero attached hydrogens (tertiary/aromatic N) is 1. The molecule has 124 valence electrons. The summed E-state index contributed by atoms with van der Waals surface area (Å²) in [6.45, 7) is 12.4. The van der Waals surface area contributed by atoms with Crippen LogP contribution in [-0.2, 0) is 9.47 Å². The Kier molecular flexibility index (Phi) is 5.69. The molecule has 0 aromatic carbocycles. The lowest BCUT2D eigenvalue weighted by Gasteiger charge is -2.43. The van der Waals surface area contributed by atoms with E-state index in [-0.39, 0.29) is 6.10 Å². The van der Waals surface area contributed by atoms with Crippen LogP contribution in [0.3, 0.4) is 0 Å². The van der Waals surface area contributed by atoms with Gasteiger partial charge in [-0.3, -0.25) is 0 Å². The lowest BCUT2D eigenvalue weighted by atomic mass is 9.75. The third kappa shape index (κ3) is 3.98. The van der Waals surface area contributed by atoms with E-state index in [9.17, 15) is 5.11 Å². The molecule has 21 heavy (non-hydrogen) atoms. The summed E-state index contributed by atoms with van der Waals surface area (Å²) < 4.78 is 12.3. The molecular formula is C17H33NO3. The van der Waals surface area contributed by atoms with Crippen molar-refractivity contribution in [3.05, 3.63) is 0 Å². The maximum absolute atomic E-state index is 10.6. The summed E-state index contributed by atoms with van der Waals surface area (Å²) in [6.07, 6.45) is 4.56. The maximum Gasteiger partial charge on any atom is 0.169 e. The Hall–Kier alpha value is -0.160. The van der Waals surface area contributed by atoms with E-state index in [2.05, 4.69) is 32.6 Å². The van der Waals surface area contributed by atoms with E-state index in [1.807, 2.05) is 0 Å². The molecule has 0 aromatic heterocycles. The first-order valence-electron chi connectivity index (χ1n) is 8.69. The second-order valence-electron chi connectivity index (χ2n) is 7.11. The SMILES string of the molecule is CCCN(CC)CC1COC2(CCC(O)(C(C)C)CC2)O1. The van der Waals surface area contributed by atoms with Gasteiger partial charge in [0.2, 0.25) is 0 Å². The Bertz CT molecular complexity index is 324. The van der Waals surface area contributed by atoms with E-state index < -0.39 is 11.4 Å². The van der Waals surface area contributed by atoms with E-state index in [4.69, 9.17) is 9.47 Å². The third-order valence-corrected chi connectivity index (χ3v) is 5.31. The standard InChI is InChI=1S/C17H33NO3/c1-5-11-18(6-2)12-15-13-20-17(21-15)9-7-16(19,8-10-17)14(3)4/h14-15,19H,5-13H2,1-4H3. The summed E-state index contributed by atoms with van der Waals surface area (Å²) in [7, 11) is 0. The Balaban J connectivity index is 1.85. The molecule has 0 amide bonds. The van der Waals surface area contributed by atoms with Crippen LogP contribution in [0.1, 0.15) is 59.8 Å². The molecule has 1 saturated carbocycles. The molecule has 1 N–H and O–H groups in total. The maximum atomic E-state index is 10.6. The quantitative estimate of drug-likeness (QED) is 0.819. The van der Waals surface area contributed by atoms with Gasteiger partial charge in [0.1, 0.15) is 0 Å². The van der Waals surface area contributed by atoms with Crippen molar-refractivity contribution in [2.75, 3.05) is 26.2 Å². The van der Waals surface area contributed by atoms with Crippen molar-refractivity contribution in [3.63, 3.8) is 0 Å². The van der Waals surface area contributed by atoms with Crippen LogP contribution in [0.25, 0.3) is 0 Å². The molecule has 1 atom stereocenters. The van der Waals surface area contributed by atoms with Gasteiger partial charge in [-0.05, 0) is 38.3 Å². The van der Waals surface area contributed by atoms with Crippen molar-refractivity contribution in [1.82, 2.24) is 4.90 Å². The summed E-state index contributed by atoms with van der Waals surface area (Å²) >= 11 is 0. The summed E-state index contributed by atoms with van der Waals surface area (Å²) in [5, 5.41) is 10.6. The highest BCUT2D eigenvalue weighted by Gasteiger charge is 2.49. The highest BCUT2D eigenvalue weighted by Crippen LogP contribution is 2.44. The fourth-order valence-corrected chi connectivity index (χ4v) is 3.59. The number of hydrogen-bond donors (Lipinski definition) is 1. The average Bonchev–Trinajstić information content (AvgIpc) is 2.85. The van der Waals surface area contributed by atoms with Crippen LogP contribution in [0.4, 0.5) is 0 Å². The molecule has 1 spiro atoms. The van der Waals surface area contributed by atoms with E-state index in [1.165, 1.54) is 6.42 Å². The summed E-state index contributed by atoms with van der Waals surface area (Å²) in [4.78, 5) is 2.43. The van der Waals surface area contributed by atoms with Crippen LogP contribution in [0, 0.1) is 5.92 Å². The molecule has 1 unspecified atom stereocenters. The molecule has 2 rings (SSSR count). The fourth-order valence-electron chi connectivity index (χ4n) is 3.59. The highest BCUT2D eigenvalue weighted by molar-refractivity contribution is 4.94. The van der Waals surface area contributed by atoms with Crippen molar-refractivity contribution >= 4 is 0 Å². The summed E-state index contributed by atoms with van der Waals surface area (Å²) in [5.41, 5.74) is -0.534. The minimum absolute atomic E-state index is 0.182. The van der Waals surface area contributed by atoms with Gasteiger partial charge >= 0.3 is 0 Å². The van der Waals surface area contributed by atoms with E-state index in [0.717, 1.165) is 45.3 Å². The zero-order valence-corrected chi connectivity index (χ0v) is 14.2. The van der Waals surface area contributed by atoms with Crippen molar-refractivity contribution < 1.29 is 14.6 Å². The molecule has 0 aromatic rings. The second kappa shape index (κ2) is 6.95. The zero-order valence-electron chi connectivity index (χ0n) is 14.2. The Morgan fingerprint density at radius 3 is 2.38 bits per heavy atom. The lowest BCUT2D eigenvalue weighted by Crippen LogP contribution is -2.47. The average molecular weight is 299 g/mol. The van der Waals surface area contributed by atoms with E-state index in [1.54, 1.807) is 0 Å². The number of ether oxygens (including phenoxy) is 2. The molecule has 2 fully saturated rings. The predicted octanol–water partition coefficient (Wildman–Crippen LogP) is 2.79. The van der Waals surface area contributed by atoms with Gasteiger partial charge in [0, 0.05) is 19.4 Å². The van der Waals surface area contributed by atoms with Crippen molar-refractivity contribution in [2.24, 2.45) is 5.92 Å². The second-order valence-corrected chi connectivity index (χ2v) is 7.11. The van der Waals surface area contributed by atoms with Gasteiger partial charge in [0.15, 0.2) is 5.79 Å². The molecule has 1 aliphatic carbocycles. The van der Waals surface area contributed by atoms with Gasteiger partial charge in [-0.1, -0.05) is 27.7 Å². The summed E-state index contributed by atoms with van der Waals surface area (Å²) in [5.74, 6) is -0.121. The third-order valence-electron chi connectivity index (χ3n) is 5.31. The molecular weight excluding hydrogens is 266 g/mol. The minimum Gasteiger partial charge on any atom is -0.390 e. The van der Waals surface area contributed by atoms with Crippen LogP contribution in [0.5, 0.6) is 0 Å². The first-order chi connectivity index (χ1) is 9.93. The van der Waals surface area contributed by atoms with Crippen molar-refractivity contribution in [3.8, 4) is 0 Å². The van der Waals surface area contributed by atoms with Gasteiger partial charge in [-0.25, -0.2) is 0 Å². The molecule has 1 heterocycles. The molecule has 4 nitrogen and oxygen atoms in total. The Morgan fingerprint density at radius 2 is 1.86 bits per heavy atom. The topological polar surface area (TPSA) is 41.9 Å². The van der Waals surface area contributed by atoms with Crippen LogP contribution in [0.2, 0.25) is 0 Å². The van der Waals surface area contributed by atoms with Gasteiger partial charge in [-0.2, -0.15) is 0 Å². The molecule has 1 aliphatic heterocycles. The van der Waals surface area contributed by atoms with Gasteiger partial charge in [-0.15, -0.1) is 0 Å². The normalized spacial score (nSPS) is 37.0. The predicted molar refractivity (Wildman–Crippen MR) is 84.2 cm³/mol. The highest BCUT2D eigenvalue weighted by atomic mass is 16.7. The monoisotopic (exact) mass is 299 g/mol. The molecule has 0 radical (unpaired) electrons. The summed E-state index contributed by atoms with van der Waals surface area (Å²) in [6, 6.07) is 0. The largest absolute Gasteiger partial charge is 0.390 e. The van der Waals surface area contributed by atoms with E-state index >= 15 is 0 Å². The zero-order chi connectivity index (χ0) is 15.5. The van der Waals surface area contributed by atoms with Gasteiger partial charge < -0.3 is 19.5 Å². The van der Waals surface area contributed by atoms with Gasteiger partial charge in [0.05, 0.1) is 18.3 Å². The van der Waals surface area contributed by atoms with Crippen molar-refractivity contribution in [1.29, 1.82) is 0 Å². The Labute approximate surface area is 129 Å². The molecule has 2 aliphatic rings. The number of aliphatic hydroxyl groups is 1. The smallest absolute Gasteiger partial charge is 0.169 e. The number of rotatable bonds is 6. The van der Waals surface area contributed by atoms with Crippen LogP contribution >= 0.6 is 0 Å².